The number of hydrogen-bond donors (Lipinski definition) is 3. The maximum absolute atomic E-state index is 10.8. The summed E-state index contributed by atoms with van der Waals surface area (Å²) in [7, 11) is 0. The van der Waals surface area contributed by atoms with Crippen molar-refractivity contribution in [1.82, 2.24) is 5.32 Å². The second-order valence-corrected chi connectivity index (χ2v) is 5.11. The number of carboxylic acids is 1. The van der Waals surface area contributed by atoms with Gasteiger partial charge in [0.15, 0.2) is 0 Å². The van der Waals surface area contributed by atoms with Gasteiger partial charge in [-0.1, -0.05) is 0 Å². The molecule has 2 rings (SSSR count). The normalized spacial score (nSPS) is 16.8. The van der Waals surface area contributed by atoms with Gasteiger partial charge in [0.05, 0.1) is 6.54 Å². The standard InChI is InChI=1S/C13H19NO4/c1-9-6-10(18-11(9)12(16)17)7-14-8-13(2-3-13)4-5-15/h6,14-15H,2-5,7-8H2,1H3,(H,16,17). The SMILES string of the molecule is Cc1cc(CNCC2(CCO)CC2)oc1C(=O)O. The van der Waals surface area contributed by atoms with Gasteiger partial charge in [-0.25, -0.2) is 4.79 Å². The van der Waals surface area contributed by atoms with Gasteiger partial charge in [-0.3, -0.25) is 0 Å². The molecule has 0 amide bonds. The molecule has 0 unspecified atom stereocenters. The number of carboxylic acid groups (broad SMARTS) is 1. The Balaban J connectivity index is 1.84. The van der Waals surface area contributed by atoms with Crippen molar-refractivity contribution >= 4 is 5.97 Å². The van der Waals surface area contributed by atoms with Gasteiger partial charge in [-0.05, 0) is 37.7 Å². The van der Waals surface area contributed by atoms with E-state index in [0.717, 1.165) is 25.8 Å². The fraction of sp³-hybridized carbons (Fsp3) is 0.615. The van der Waals surface area contributed by atoms with Crippen LogP contribution in [0, 0.1) is 12.3 Å². The summed E-state index contributed by atoms with van der Waals surface area (Å²) >= 11 is 0. The summed E-state index contributed by atoms with van der Waals surface area (Å²) in [6.07, 6.45) is 3.13. The molecule has 5 nitrogen and oxygen atoms in total. The molecule has 1 aromatic rings. The van der Waals surface area contributed by atoms with Crippen molar-refractivity contribution in [3.8, 4) is 0 Å². The zero-order valence-electron chi connectivity index (χ0n) is 10.5. The Morgan fingerprint density at radius 3 is 2.78 bits per heavy atom. The monoisotopic (exact) mass is 253 g/mol. The molecular weight excluding hydrogens is 234 g/mol. The molecule has 1 aliphatic rings. The first-order valence-electron chi connectivity index (χ1n) is 6.20. The van der Waals surface area contributed by atoms with Crippen LogP contribution in [0.3, 0.4) is 0 Å². The molecule has 0 saturated heterocycles. The maximum atomic E-state index is 10.8. The van der Waals surface area contributed by atoms with Gasteiger partial charge in [-0.2, -0.15) is 0 Å². The number of aliphatic hydroxyl groups excluding tert-OH is 1. The lowest BCUT2D eigenvalue weighted by Gasteiger charge is -2.13. The lowest BCUT2D eigenvalue weighted by atomic mass is 10.0. The van der Waals surface area contributed by atoms with E-state index < -0.39 is 5.97 Å². The molecule has 100 valence electrons. The van der Waals surface area contributed by atoms with Crippen LogP contribution in [-0.4, -0.2) is 29.3 Å². The second kappa shape index (κ2) is 5.12. The lowest BCUT2D eigenvalue weighted by Crippen LogP contribution is -2.24. The van der Waals surface area contributed by atoms with Crippen LogP contribution in [0.4, 0.5) is 0 Å². The number of aryl methyl sites for hydroxylation is 1. The number of nitrogens with one attached hydrogen (secondary N) is 1. The molecule has 3 N–H and O–H groups in total. The van der Waals surface area contributed by atoms with Crippen LogP contribution < -0.4 is 5.32 Å². The number of rotatable bonds is 7. The number of hydrogen-bond acceptors (Lipinski definition) is 4. The van der Waals surface area contributed by atoms with Crippen molar-refractivity contribution in [2.75, 3.05) is 13.2 Å². The van der Waals surface area contributed by atoms with Crippen LogP contribution in [-0.2, 0) is 6.54 Å². The number of aromatic carboxylic acids is 1. The van der Waals surface area contributed by atoms with Gasteiger partial charge in [0, 0.05) is 18.7 Å². The molecule has 0 radical (unpaired) electrons. The molecule has 0 atom stereocenters. The zero-order chi connectivity index (χ0) is 13.2. The van der Waals surface area contributed by atoms with Crippen molar-refractivity contribution < 1.29 is 19.4 Å². The number of aliphatic hydroxyl groups is 1. The fourth-order valence-corrected chi connectivity index (χ4v) is 2.23. The third-order valence-electron chi connectivity index (χ3n) is 3.56. The van der Waals surface area contributed by atoms with Gasteiger partial charge < -0.3 is 19.9 Å². The Kier molecular flexibility index (Phi) is 3.73. The molecule has 0 aromatic carbocycles. The zero-order valence-corrected chi connectivity index (χ0v) is 10.5. The average Bonchev–Trinajstić information content (AvgIpc) is 2.95. The fourth-order valence-electron chi connectivity index (χ4n) is 2.23. The van der Waals surface area contributed by atoms with Crippen LogP contribution >= 0.6 is 0 Å². The minimum absolute atomic E-state index is 0.0169. The quantitative estimate of drug-likeness (QED) is 0.686. The third kappa shape index (κ3) is 2.91. The van der Waals surface area contributed by atoms with Crippen molar-refractivity contribution in [2.45, 2.75) is 32.7 Å². The summed E-state index contributed by atoms with van der Waals surface area (Å²) in [5.41, 5.74) is 0.905. The summed E-state index contributed by atoms with van der Waals surface area (Å²) in [5, 5.41) is 21.1. The molecule has 0 aliphatic heterocycles. The van der Waals surface area contributed by atoms with Crippen LogP contribution in [0.25, 0.3) is 0 Å². The molecule has 0 spiro atoms. The molecule has 0 bridgehead atoms. The van der Waals surface area contributed by atoms with Crippen molar-refractivity contribution in [3.63, 3.8) is 0 Å². The van der Waals surface area contributed by atoms with Crippen molar-refractivity contribution in [2.24, 2.45) is 5.41 Å². The molecule has 1 aliphatic carbocycles. The molecule has 1 aromatic heterocycles. The van der Waals surface area contributed by atoms with Crippen LogP contribution in [0.15, 0.2) is 10.5 Å². The van der Waals surface area contributed by atoms with Crippen LogP contribution in [0.1, 0.15) is 41.1 Å². The topological polar surface area (TPSA) is 82.7 Å². The minimum atomic E-state index is -1.03. The summed E-state index contributed by atoms with van der Waals surface area (Å²) in [4.78, 5) is 10.8. The first-order valence-corrected chi connectivity index (χ1v) is 6.20. The predicted molar refractivity (Wildman–Crippen MR) is 65.5 cm³/mol. The van der Waals surface area contributed by atoms with E-state index in [0.29, 0.717) is 17.9 Å². The number of furan rings is 1. The summed E-state index contributed by atoms with van der Waals surface area (Å²) in [5.74, 6) is -0.370. The first-order chi connectivity index (χ1) is 8.56. The molecule has 1 saturated carbocycles. The van der Waals surface area contributed by atoms with E-state index in [-0.39, 0.29) is 17.8 Å². The van der Waals surface area contributed by atoms with E-state index in [4.69, 9.17) is 14.6 Å². The smallest absolute Gasteiger partial charge is 0.372 e. The van der Waals surface area contributed by atoms with E-state index in [1.54, 1.807) is 13.0 Å². The van der Waals surface area contributed by atoms with E-state index in [2.05, 4.69) is 5.32 Å². The molecular formula is C13H19NO4. The molecule has 18 heavy (non-hydrogen) atoms. The van der Waals surface area contributed by atoms with Crippen LogP contribution in [0.5, 0.6) is 0 Å². The molecule has 5 heteroatoms. The highest BCUT2D eigenvalue weighted by Gasteiger charge is 2.41. The van der Waals surface area contributed by atoms with Crippen molar-refractivity contribution in [1.29, 1.82) is 0 Å². The van der Waals surface area contributed by atoms with Gasteiger partial charge in [-0.15, -0.1) is 0 Å². The summed E-state index contributed by atoms with van der Waals surface area (Å²) in [6, 6.07) is 1.75. The Bertz CT molecular complexity index is 434. The predicted octanol–water partition coefficient (Wildman–Crippen LogP) is 1.54. The third-order valence-corrected chi connectivity index (χ3v) is 3.56. The Morgan fingerprint density at radius 2 is 2.28 bits per heavy atom. The van der Waals surface area contributed by atoms with E-state index in [1.165, 1.54) is 0 Å². The number of carbonyl (C=O) groups is 1. The lowest BCUT2D eigenvalue weighted by molar-refractivity contribution is 0.0659. The Morgan fingerprint density at radius 1 is 1.56 bits per heavy atom. The maximum Gasteiger partial charge on any atom is 0.372 e. The van der Waals surface area contributed by atoms with Gasteiger partial charge in [0.25, 0.3) is 0 Å². The van der Waals surface area contributed by atoms with Gasteiger partial charge in [0.2, 0.25) is 5.76 Å². The van der Waals surface area contributed by atoms with E-state index in [9.17, 15) is 4.79 Å². The Hall–Kier alpha value is -1.33. The average molecular weight is 253 g/mol. The summed E-state index contributed by atoms with van der Waals surface area (Å²) in [6.45, 7) is 3.33. The molecule has 1 heterocycles. The first kappa shape index (κ1) is 13.1. The second-order valence-electron chi connectivity index (χ2n) is 5.11. The Labute approximate surface area is 106 Å². The largest absolute Gasteiger partial charge is 0.475 e. The summed E-state index contributed by atoms with van der Waals surface area (Å²) < 4.78 is 5.26. The molecule has 1 fully saturated rings. The van der Waals surface area contributed by atoms with Gasteiger partial charge in [0.1, 0.15) is 5.76 Å². The van der Waals surface area contributed by atoms with E-state index >= 15 is 0 Å². The van der Waals surface area contributed by atoms with Gasteiger partial charge >= 0.3 is 5.97 Å². The van der Waals surface area contributed by atoms with Crippen molar-refractivity contribution in [3.05, 3.63) is 23.2 Å². The highest BCUT2D eigenvalue weighted by molar-refractivity contribution is 5.86. The minimum Gasteiger partial charge on any atom is -0.475 e. The van der Waals surface area contributed by atoms with Crippen LogP contribution in [0.2, 0.25) is 0 Å². The highest BCUT2D eigenvalue weighted by Crippen LogP contribution is 2.47. The van der Waals surface area contributed by atoms with E-state index in [1.807, 2.05) is 0 Å². The highest BCUT2D eigenvalue weighted by atomic mass is 16.4.